The zero-order valence-electron chi connectivity index (χ0n) is 13.9. The molecule has 0 atom stereocenters. The summed E-state index contributed by atoms with van der Waals surface area (Å²) in [6.07, 6.45) is 1.63. The summed E-state index contributed by atoms with van der Waals surface area (Å²) in [5.41, 5.74) is 1.65. The molecule has 0 saturated carbocycles. The lowest BCUT2D eigenvalue weighted by atomic mass is 10.2. The average Bonchev–Trinajstić information content (AvgIpc) is 2.64. The zero-order chi connectivity index (χ0) is 17.8. The van der Waals surface area contributed by atoms with Crippen molar-refractivity contribution in [3.63, 3.8) is 0 Å². The van der Waals surface area contributed by atoms with E-state index >= 15 is 0 Å². The third-order valence-electron chi connectivity index (χ3n) is 4.10. The Kier molecular flexibility index (Phi) is 5.37. The van der Waals surface area contributed by atoms with Crippen LogP contribution in [0.3, 0.4) is 0 Å². The lowest BCUT2D eigenvalue weighted by molar-refractivity contribution is -0.145. The highest BCUT2D eigenvalue weighted by atomic mass is 79.9. The van der Waals surface area contributed by atoms with Crippen LogP contribution in [0, 0.1) is 0 Å². The van der Waals surface area contributed by atoms with E-state index in [-0.39, 0.29) is 12.3 Å². The molecule has 0 unspecified atom stereocenters. The van der Waals surface area contributed by atoms with E-state index in [0.717, 1.165) is 36.5 Å². The van der Waals surface area contributed by atoms with Crippen molar-refractivity contribution in [2.75, 3.05) is 36.0 Å². The smallest absolute Gasteiger partial charge is 0.304 e. The standard InChI is InChI=1S/C17H19BrN4O3/c1-13(23)25-12-22-17(24)16(18)15(11-19-22)21-9-7-20(8-10-21)14-5-3-2-4-6-14/h2-6,11H,7-10,12H2,1H3. The first kappa shape index (κ1) is 17.5. The first-order valence-electron chi connectivity index (χ1n) is 8.00. The van der Waals surface area contributed by atoms with E-state index in [1.54, 1.807) is 6.20 Å². The van der Waals surface area contributed by atoms with E-state index in [1.807, 2.05) is 18.2 Å². The van der Waals surface area contributed by atoms with Crippen LogP contribution in [0.4, 0.5) is 11.4 Å². The number of carbonyl (C=O) groups excluding carboxylic acids is 1. The fourth-order valence-electron chi connectivity index (χ4n) is 2.77. The lowest BCUT2D eigenvalue weighted by Gasteiger charge is -2.37. The Morgan fingerprint density at radius 2 is 1.80 bits per heavy atom. The molecule has 1 fully saturated rings. The number of ether oxygens (including phenoxy) is 1. The number of hydrogen-bond acceptors (Lipinski definition) is 6. The summed E-state index contributed by atoms with van der Waals surface area (Å²) in [6.45, 7) is 4.43. The van der Waals surface area contributed by atoms with Crippen molar-refractivity contribution < 1.29 is 9.53 Å². The highest BCUT2D eigenvalue weighted by Crippen LogP contribution is 2.24. The Labute approximate surface area is 153 Å². The van der Waals surface area contributed by atoms with Crippen molar-refractivity contribution >= 4 is 33.3 Å². The maximum atomic E-state index is 12.4. The number of benzene rings is 1. The molecule has 0 spiro atoms. The second kappa shape index (κ2) is 7.69. The Balaban J connectivity index is 1.70. The Morgan fingerprint density at radius 1 is 1.16 bits per heavy atom. The normalized spacial score (nSPS) is 14.5. The van der Waals surface area contributed by atoms with Crippen LogP contribution in [0.1, 0.15) is 6.92 Å². The molecule has 8 heteroatoms. The van der Waals surface area contributed by atoms with Gasteiger partial charge in [-0.2, -0.15) is 9.78 Å². The van der Waals surface area contributed by atoms with Gasteiger partial charge < -0.3 is 14.5 Å². The summed E-state index contributed by atoms with van der Waals surface area (Å²) in [5, 5.41) is 4.11. The molecular weight excluding hydrogens is 388 g/mol. The number of carbonyl (C=O) groups is 1. The molecule has 3 rings (SSSR count). The van der Waals surface area contributed by atoms with Gasteiger partial charge in [-0.1, -0.05) is 18.2 Å². The monoisotopic (exact) mass is 406 g/mol. The number of aromatic nitrogens is 2. The minimum Gasteiger partial charge on any atom is -0.442 e. The number of anilines is 2. The molecular formula is C17H19BrN4O3. The van der Waals surface area contributed by atoms with Gasteiger partial charge in [-0.05, 0) is 28.1 Å². The highest BCUT2D eigenvalue weighted by Gasteiger charge is 2.21. The number of para-hydroxylation sites is 1. The van der Waals surface area contributed by atoms with Gasteiger partial charge in [-0.15, -0.1) is 0 Å². The minimum atomic E-state index is -0.453. The summed E-state index contributed by atoms with van der Waals surface area (Å²) in [7, 11) is 0. The van der Waals surface area contributed by atoms with Crippen molar-refractivity contribution in [2.24, 2.45) is 0 Å². The summed E-state index contributed by atoms with van der Waals surface area (Å²) in [6, 6.07) is 10.3. The lowest BCUT2D eigenvalue weighted by Crippen LogP contribution is -2.47. The molecule has 2 heterocycles. The first-order chi connectivity index (χ1) is 12.1. The third kappa shape index (κ3) is 4.01. The average molecular weight is 407 g/mol. The van der Waals surface area contributed by atoms with Crippen LogP contribution in [0.25, 0.3) is 0 Å². The Hall–Kier alpha value is -2.35. The van der Waals surface area contributed by atoms with Gasteiger partial charge in [-0.3, -0.25) is 9.59 Å². The van der Waals surface area contributed by atoms with Crippen molar-refractivity contribution in [3.8, 4) is 0 Å². The molecule has 0 bridgehead atoms. The zero-order valence-corrected chi connectivity index (χ0v) is 15.5. The fourth-order valence-corrected chi connectivity index (χ4v) is 3.32. The van der Waals surface area contributed by atoms with E-state index in [9.17, 15) is 9.59 Å². The molecule has 7 nitrogen and oxygen atoms in total. The molecule has 132 valence electrons. The molecule has 0 N–H and O–H groups in total. The molecule has 25 heavy (non-hydrogen) atoms. The van der Waals surface area contributed by atoms with Crippen LogP contribution < -0.4 is 15.4 Å². The van der Waals surface area contributed by atoms with E-state index in [0.29, 0.717) is 4.47 Å². The molecule has 2 aromatic rings. The number of piperazine rings is 1. The van der Waals surface area contributed by atoms with Crippen LogP contribution in [0.2, 0.25) is 0 Å². The maximum Gasteiger partial charge on any atom is 0.304 e. The highest BCUT2D eigenvalue weighted by molar-refractivity contribution is 9.10. The third-order valence-corrected chi connectivity index (χ3v) is 4.84. The molecule has 1 aliphatic rings. The summed E-state index contributed by atoms with van der Waals surface area (Å²) < 4.78 is 6.39. The van der Waals surface area contributed by atoms with Crippen molar-refractivity contribution in [1.29, 1.82) is 0 Å². The van der Waals surface area contributed by atoms with E-state index in [1.165, 1.54) is 12.6 Å². The molecule has 1 aliphatic heterocycles. The number of nitrogens with zero attached hydrogens (tertiary/aromatic N) is 4. The van der Waals surface area contributed by atoms with Crippen molar-refractivity contribution in [3.05, 3.63) is 51.4 Å². The SMILES string of the molecule is CC(=O)OCn1ncc(N2CCN(c3ccccc3)CC2)c(Br)c1=O. The predicted octanol–water partition coefficient (Wildman–Crippen LogP) is 1.85. The first-order valence-corrected chi connectivity index (χ1v) is 8.79. The van der Waals surface area contributed by atoms with Crippen LogP contribution in [0.15, 0.2) is 45.8 Å². The molecule has 0 radical (unpaired) electrons. The number of esters is 1. The molecule has 1 saturated heterocycles. The van der Waals surface area contributed by atoms with Gasteiger partial charge in [0.1, 0.15) is 4.47 Å². The van der Waals surface area contributed by atoms with Crippen molar-refractivity contribution in [2.45, 2.75) is 13.7 Å². The Morgan fingerprint density at radius 3 is 2.44 bits per heavy atom. The van der Waals surface area contributed by atoms with Crippen molar-refractivity contribution in [1.82, 2.24) is 9.78 Å². The second-order valence-electron chi connectivity index (χ2n) is 5.72. The molecule has 0 amide bonds. The largest absolute Gasteiger partial charge is 0.442 e. The summed E-state index contributed by atoms with van der Waals surface area (Å²) >= 11 is 3.36. The van der Waals surface area contributed by atoms with E-state index in [4.69, 9.17) is 4.74 Å². The van der Waals surface area contributed by atoms with Gasteiger partial charge >= 0.3 is 5.97 Å². The van der Waals surface area contributed by atoms with Gasteiger partial charge in [0.05, 0.1) is 11.9 Å². The summed E-state index contributed by atoms with van der Waals surface area (Å²) in [4.78, 5) is 27.7. The van der Waals surface area contributed by atoms with Gasteiger partial charge in [0.25, 0.3) is 5.56 Å². The summed E-state index contributed by atoms with van der Waals surface area (Å²) in [5.74, 6) is -0.453. The number of rotatable bonds is 4. The predicted molar refractivity (Wildman–Crippen MR) is 98.8 cm³/mol. The topological polar surface area (TPSA) is 67.7 Å². The van der Waals surface area contributed by atoms with Crippen LogP contribution >= 0.6 is 15.9 Å². The second-order valence-corrected chi connectivity index (χ2v) is 6.52. The number of halogens is 1. The van der Waals surface area contributed by atoms with Crippen LogP contribution in [-0.4, -0.2) is 41.9 Å². The van der Waals surface area contributed by atoms with Gasteiger partial charge in [0.15, 0.2) is 6.73 Å². The van der Waals surface area contributed by atoms with Gasteiger partial charge in [-0.25, -0.2) is 0 Å². The molecule has 0 aliphatic carbocycles. The van der Waals surface area contributed by atoms with E-state index in [2.05, 4.69) is 43.0 Å². The quantitative estimate of drug-likeness (QED) is 0.721. The van der Waals surface area contributed by atoms with E-state index < -0.39 is 5.97 Å². The Bertz CT molecular complexity index is 801. The molecule has 1 aromatic carbocycles. The van der Waals surface area contributed by atoms with Crippen LogP contribution in [-0.2, 0) is 16.3 Å². The molecule has 1 aromatic heterocycles. The van der Waals surface area contributed by atoms with Gasteiger partial charge in [0, 0.05) is 38.8 Å². The number of hydrogen-bond donors (Lipinski definition) is 0. The minimum absolute atomic E-state index is 0.186. The maximum absolute atomic E-state index is 12.4. The van der Waals surface area contributed by atoms with Crippen LogP contribution in [0.5, 0.6) is 0 Å². The fraction of sp³-hybridized carbons (Fsp3) is 0.353. The van der Waals surface area contributed by atoms with Gasteiger partial charge in [0.2, 0.25) is 0 Å².